The van der Waals surface area contributed by atoms with Gasteiger partial charge in [0.25, 0.3) is 0 Å². The Kier molecular flexibility index (Phi) is 4.43. The highest BCUT2D eigenvalue weighted by molar-refractivity contribution is 5.65. The van der Waals surface area contributed by atoms with E-state index in [-0.39, 0.29) is 0 Å². The minimum atomic E-state index is 1.21. The zero-order valence-corrected chi connectivity index (χ0v) is 14.0. The standard InChI is InChI=1S/C25H19/c1-3-7-22(8-4-1)24-15-11-20(12-16-24)19-21-13-17-25(18-14-21)23-9-5-2-6-10-23/h1-19H. The Labute approximate surface area is 149 Å². The van der Waals surface area contributed by atoms with Crippen molar-refractivity contribution in [2.75, 3.05) is 0 Å². The van der Waals surface area contributed by atoms with Gasteiger partial charge in [0.15, 0.2) is 0 Å². The Morgan fingerprint density at radius 3 is 1.00 bits per heavy atom. The molecule has 0 fully saturated rings. The van der Waals surface area contributed by atoms with E-state index < -0.39 is 0 Å². The zero-order chi connectivity index (χ0) is 16.9. The molecule has 0 aliphatic heterocycles. The van der Waals surface area contributed by atoms with E-state index in [2.05, 4.69) is 103 Å². The van der Waals surface area contributed by atoms with Gasteiger partial charge in [0.1, 0.15) is 0 Å². The van der Waals surface area contributed by atoms with Gasteiger partial charge in [-0.2, -0.15) is 0 Å². The molecule has 0 nitrogen and oxygen atoms in total. The summed E-state index contributed by atoms with van der Waals surface area (Å²) in [5, 5.41) is 0. The van der Waals surface area contributed by atoms with E-state index >= 15 is 0 Å². The Balaban J connectivity index is 1.49. The van der Waals surface area contributed by atoms with Crippen LogP contribution >= 0.6 is 0 Å². The second kappa shape index (κ2) is 7.19. The molecule has 0 saturated carbocycles. The first kappa shape index (κ1) is 15.4. The van der Waals surface area contributed by atoms with Crippen LogP contribution in [0, 0.1) is 6.42 Å². The van der Waals surface area contributed by atoms with E-state index in [0.717, 1.165) is 0 Å². The molecular formula is C25H19. The summed E-state index contributed by atoms with van der Waals surface area (Å²) in [7, 11) is 0. The third-order valence-corrected chi connectivity index (χ3v) is 4.37. The van der Waals surface area contributed by atoms with Crippen LogP contribution in [-0.4, -0.2) is 0 Å². The summed E-state index contributed by atoms with van der Waals surface area (Å²) in [6.45, 7) is 0. The highest BCUT2D eigenvalue weighted by Crippen LogP contribution is 2.23. The molecule has 4 aromatic carbocycles. The third-order valence-electron chi connectivity index (χ3n) is 4.37. The molecule has 4 aromatic rings. The maximum Gasteiger partial charge on any atom is 0.0199 e. The molecule has 0 aromatic heterocycles. The second-order valence-electron chi connectivity index (χ2n) is 6.12. The summed E-state index contributed by atoms with van der Waals surface area (Å²) in [5.41, 5.74) is 7.43. The van der Waals surface area contributed by atoms with Crippen molar-refractivity contribution in [3.63, 3.8) is 0 Å². The van der Waals surface area contributed by atoms with E-state index in [1.165, 1.54) is 33.4 Å². The molecule has 4 rings (SSSR count). The molecule has 0 aliphatic rings. The van der Waals surface area contributed by atoms with Crippen LogP contribution in [0.2, 0.25) is 0 Å². The van der Waals surface area contributed by atoms with E-state index in [1.807, 2.05) is 12.1 Å². The molecule has 0 heteroatoms. The van der Waals surface area contributed by atoms with Gasteiger partial charge >= 0.3 is 0 Å². The predicted molar refractivity (Wildman–Crippen MR) is 106 cm³/mol. The monoisotopic (exact) mass is 319 g/mol. The molecule has 0 unspecified atom stereocenters. The lowest BCUT2D eigenvalue weighted by Crippen LogP contribution is -1.86. The van der Waals surface area contributed by atoms with Crippen molar-refractivity contribution in [2.24, 2.45) is 0 Å². The molecule has 0 bridgehead atoms. The molecule has 0 amide bonds. The summed E-state index contributed by atoms with van der Waals surface area (Å²) in [6, 6.07) is 38.4. The Hall–Kier alpha value is -3.12. The first-order valence-electron chi connectivity index (χ1n) is 8.54. The maximum atomic E-state index is 2.21. The summed E-state index contributed by atoms with van der Waals surface area (Å²) in [4.78, 5) is 0. The van der Waals surface area contributed by atoms with Crippen LogP contribution in [-0.2, 0) is 0 Å². The van der Waals surface area contributed by atoms with Crippen LogP contribution in [0.5, 0.6) is 0 Å². The third kappa shape index (κ3) is 3.70. The highest BCUT2D eigenvalue weighted by atomic mass is 14.1. The van der Waals surface area contributed by atoms with Gasteiger partial charge in [-0.1, -0.05) is 109 Å². The lowest BCUT2D eigenvalue weighted by molar-refractivity contribution is 1.43. The average molecular weight is 319 g/mol. The molecule has 0 N–H and O–H groups in total. The van der Waals surface area contributed by atoms with Gasteiger partial charge in [-0.15, -0.1) is 0 Å². The SMILES string of the molecule is [CH](c1ccc(-c2ccccc2)cc1)c1ccc(-c2ccccc2)cc1. The smallest absolute Gasteiger partial charge is 0.0199 e. The summed E-state index contributed by atoms with van der Waals surface area (Å²) in [6.07, 6.45) is 2.21. The van der Waals surface area contributed by atoms with Gasteiger partial charge in [-0.3, -0.25) is 0 Å². The van der Waals surface area contributed by atoms with E-state index in [0.29, 0.717) is 0 Å². The van der Waals surface area contributed by atoms with Crippen LogP contribution in [0.1, 0.15) is 11.1 Å². The predicted octanol–water partition coefficient (Wildman–Crippen LogP) is 6.62. The Bertz CT molecular complexity index is 838. The molecule has 25 heavy (non-hydrogen) atoms. The van der Waals surface area contributed by atoms with Crippen molar-refractivity contribution < 1.29 is 0 Å². The van der Waals surface area contributed by atoms with Gasteiger partial charge in [0, 0.05) is 6.42 Å². The largest absolute Gasteiger partial charge is 0.0622 e. The Morgan fingerprint density at radius 1 is 0.320 bits per heavy atom. The van der Waals surface area contributed by atoms with Crippen LogP contribution < -0.4 is 0 Å². The van der Waals surface area contributed by atoms with Crippen molar-refractivity contribution in [3.05, 3.63) is 127 Å². The van der Waals surface area contributed by atoms with Crippen molar-refractivity contribution in [2.45, 2.75) is 0 Å². The lowest BCUT2D eigenvalue weighted by Gasteiger charge is -2.06. The number of hydrogen-bond acceptors (Lipinski definition) is 0. The van der Waals surface area contributed by atoms with E-state index in [9.17, 15) is 0 Å². The second-order valence-corrected chi connectivity index (χ2v) is 6.12. The first-order valence-corrected chi connectivity index (χ1v) is 8.54. The molecule has 0 heterocycles. The summed E-state index contributed by atoms with van der Waals surface area (Å²) < 4.78 is 0. The lowest BCUT2D eigenvalue weighted by atomic mass is 9.98. The van der Waals surface area contributed by atoms with E-state index in [1.54, 1.807) is 0 Å². The van der Waals surface area contributed by atoms with Gasteiger partial charge < -0.3 is 0 Å². The number of benzene rings is 4. The summed E-state index contributed by atoms with van der Waals surface area (Å²) >= 11 is 0. The minimum absolute atomic E-state index is 1.21. The van der Waals surface area contributed by atoms with Crippen LogP contribution in [0.4, 0.5) is 0 Å². The molecule has 0 saturated heterocycles. The molecule has 1 radical (unpaired) electrons. The zero-order valence-electron chi connectivity index (χ0n) is 14.0. The fraction of sp³-hybridized carbons (Fsp3) is 0. The van der Waals surface area contributed by atoms with Crippen LogP contribution in [0.3, 0.4) is 0 Å². The van der Waals surface area contributed by atoms with Crippen molar-refractivity contribution in [1.82, 2.24) is 0 Å². The topological polar surface area (TPSA) is 0 Å². The van der Waals surface area contributed by atoms with Crippen LogP contribution in [0.15, 0.2) is 109 Å². The molecule has 119 valence electrons. The molecule has 0 atom stereocenters. The normalized spacial score (nSPS) is 10.6. The highest BCUT2D eigenvalue weighted by Gasteiger charge is 2.01. The Morgan fingerprint density at radius 2 is 0.640 bits per heavy atom. The number of rotatable bonds is 4. The van der Waals surface area contributed by atoms with Crippen molar-refractivity contribution >= 4 is 0 Å². The quantitative estimate of drug-likeness (QED) is 0.396. The van der Waals surface area contributed by atoms with Gasteiger partial charge in [-0.05, 0) is 33.4 Å². The van der Waals surface area contributed by atoms with Crippen LogP contribution in [0.25, 0.3) is 22.3 Å². The molecule has 0 spiro atoms. The van der Waals surface area contributed by atoms with Gasteiger partial charge in [0.05, 0.1) is 0 Å². The molecule has 0 aliphatic carbocycles. The maximum absolute atomic E-state index is 2.21. The van der Waals surface area contributed by atoms with Gasteiger partial charge in [-0.25, -0.2) is 0 Å². The van der Waals surface area contributed by atoms with E-state index in [4.69, 9.17) is 0 Å². The average Bonchev–Trinajstić information content (AvgIpc) is 2.71. The summed E-state index contributed by atoms with van der Waals surface area (Å²) in [5.74, 6) is 0. The minimum Gasteiger partial charge on any atom is -0.0622 e. The molecular weight excluding hydrogens is 300 g/mol. The van der Waals surface area contributed by atoms with Crippen molar-refractivity contribution in [1.29, 1.82) is 0 Å². The van der Waals surface area contributed by atoms with Crippen molar-refractivity contribution in [3.8, 4) is 22.3 Å². The fourth-order valence-electron chi connectivity index (χ4n) is 3.00. The first-order chi connectivity index (χ1) is 12.4. The fourth-order valence-corrected chi connectivity index (χ4v) is 3.00. The number of hydrogen-bond donors (Lipinski definition) is 0. The van der Waals surface area contributed by atoms with Gasteiger partial charge in [0.2, 0.25) is 0 Å².